The van der Waals surface area contributed by atoms with Crippen molar-refractivity contribution in [2.75, 3.05) is 24.8 Å². The number of hydrazine groups is 1. The van der Waals surface area contributed by atoms with Gasteiger partial charge in [0.05, 0.1) is 18.9 Å². The first kappa shape index (κ1) is 24.8. The van der Waals surface area contributed by atoms with Gasteiger partial charge in [-0.2, -0.15) is 0 Å². The Hall–Kier alpha value is -3.81. The molecular formula is C26H31N3O5. The van der Waals surface area contributed by atoms with Crippen LogP contribution in [0.1, 0.15) is 44.2 Å². The van der Waals surface area contributed by atoms with Crippen LogP contribution in [0.15, 0.2) is 48.0 Å². The molecule has 180 valence electrons. The lowest BCUT2D eigenvalue weighted by molar-refractivity contribution is -0.121. The third kappa shape index (κ3) is 5.95. The standard InChI is InChI=1S/C26H31N3O5/c1-4-15-33-22-14-13-19(24(18(22)3)34-16-9-12-23(30)27-5-2)17-21-25(31)28-29(26(21)32)20-10-7-6-8-11-20/h6-8,10-11,13-14,17H,4-5,9,12,15-16H2,1-3H3,(H,27,30)(H,28,31)/b21-17-. The summed E-state index contributed by atoms with van der Waals surface area (Å²) in [5, 5.41) is 3.99. The Morgan fingerprint density at radius 3 is 2.53 bits per heavy atom. The van der Waals surface area contributed by atoms with E-state index in [1.54, 1.807) is 30.3 Å². The van der Waals surface area contributed by atoms with Crippen LogP contribution in [0.4, 0.5) is 5.69 Å². The predicted molar refractivity (Wildman–Crippen MR) is 130 cm³/mol. The predicted octanol–water partition coefficient (Wildman–Crippen LogP) is 3.54. The molecule has 1 fully saturated rings. The maximum Gasteiger partial charge on any atom is 0.282 e. The molecule has 2 aromatic carbocycles. The van der Waals surface area contributed by atoms with Crippen LogP contribution >= 0.6 is 0 Å². The second kappa shape index (κ2) is 11.9. The number of carbonyl (C=O) groups excluding carboxylic acids is 3. The smallest absolute Gasteiger partial charge is 0.282 e. The van der Waals surface area contributed by atoms with Gasteiger partial charge in [-0.25, -0.2) is 5.01 Å². The SMILES string of the molecule is CCCOc1ccc(/C=C2/C(=O)NN(c3ccccc3)C2=O)c(OCCCC(=O)NCC)c1C. The third-order valence-electron chi connectivity index (χ3n) is 5.22. The van der Waals surface area contributed by atoms with Crippen molar-refractivity contribution in [1.82, 2.24) is 10.7 Å². The largest absolute Gasteiger partial charge is 0.493 e. The summed E-state index contributed by atoms with van der Waals surface area (Å²) in [4.78, 5) is 37.3. The van der Waals surface area contributed by atoms with Gasteiger partial charge >= 0.3 is 0 Å². The molecule has 0 unspecified atom stereocenters. The molecule has 3 amide bonds. The number of para-hydroxylation sites is 1. The number of rotatable bonds is 11. The first-order valence-corrected chi connectivity index (χ1v) is 11.5. The molecule has 0 aromatic heterocycles. The minimum Gasteiger partial charge on any atom is -0.493 e. The van der Waals surface area contributed by atoms with Crippen molar-refractivity contribution in [3.05, 3.63) is 59.2 Å². The van der Waals surface area contributed by atoms with Gasteiger partial charge in [-0.1, -0.05) is 25.1 Å². The quantitative estimate of drug-likeness (QED) is 0.301. The molecule has 0 atom stereocenters. The molecule has 0 bridgehead atoms. The topological polar surface area (TPSA) is 97.0 Å². The molecule has 1 aliphatic heterocycles. The number of amides is 3. The number of nitrogens with one attached hydrogen (secondary N) is 2. The van der Waals surface area contributed by atoms with Crippen LogP contribution in [-0.4, -0.2) is 37.5 Å². The van der Waals surface area contributed by atoms with Crippen LogP contribution in [0.3, 0.4) is 0 Å². The van der Waals surface area contributed by atoms with Gasteiger partial charge in [0, 0.05) is 24.1 Å². The fourth-order valence-electron chi connectivity index (χ4n) is 3.53. The normalized spacial score (nSPS) is 14.3. The Morgan fingerprint density at radius 2 is 1.82 bits per heavy atom. The maximum atomic E-state index is 13.0. The van der Waals surface area contributed by atoms with Crippen molar-refractivity contribution in [2.24, 2.45) is 0 Å². The van der Waals surface area contributed by atoms with E-state index in [-0.39, 0.29) is 11.5 Å². The summed E-state index contributed by atoms with van der Waals surface area (Å²) < 4.78 is 11.9. The van der Waals surface area contributed by atoms with E-state index < -0.39 is 11.8 Å². The summed E-state index contributed by atoms with van der Waals surface area (Å²) in [6, 6.07) is 12.5. The van der Waals surface area contributed by atoms with Gasteiger partial charge in [-0.3, -0.25) is 19.8 Å². The molecule has 2 N–H and O–H groups in total. The molecule has 1 saturated heterocycles. The molecule has 1 heterocycles. The van der Waals surface area contributed by atoms with Crippen molar-refractivity contribution in [2.45, 2.75) is 40.0 Å². The fourth-order valence-corrected chi connectivity index (χ4v) is 3.53. The van der Waals surface area contributed by atoms with E-state index >= 15 is 0 Å². The molecule has 0 radical (unpaired) electrons. The van der Waals surface area contributed by atoms with Crippen molar-refractivity contribution in [1.29, 1.82) is 0 Å². The number of nitrogens with zero attached hydrogens (tertiary/aromatic N) is 1. The third-order valence-corrected chi connectivity index (χ3v) is 5.22. The van der Waals surface area contributed by atoms with Gasteiger partial charge in [-0.05, 0) is 57.0 Å². The zero-order chi connectivity index (χ0) is 24.5. The van der Waals surface area contributed by atoms with Crippen LogP contribution in [0.5, 0.6) is 11.5 Å². The number of anilines is 1. The average Bonchev–Trinajstić information content (AvgIpc) is 3.11. The summed E-state index contributed by atoms with van der Waals surface area (Å²) in [7, 11) is 0. The molecule has 2 aromatic rings. The van der Waals surface area contributed by atoms with Crippen molar-refractivity contribution in [3.63, 3.8) is 0 Å². The van der Waals surface area contributed by atoms with Crippen molar-refractivity contribution in [3.8, 4) is 11.5 Å². The minimum absolute atomic E-state index is 0.0117. The number of hydrogen-bond donors (Lipinski definition) is 2. The Labute approximate surface area is 199 Å². The first-order chi connectivity index (χ1) is 16.5. The van der Waals surface area contributed by atoms with Gasteiger partial charge in [0.25, 0.3) is 11.8 Å². The molecule has 3 rings (SSSR count). The summed E-state index contributed by atoms with van der Waals surface area (Å²) >= 11 is 0. The van der Waals surface area contributed by atoms with Crippen molar-refractivity contribution >= 4 is 29.5 Å². The summed E-state index contributed by atoms with van der Waals surface area (Å²) in [6.45, 7) is 7.23. The average molecular weight is 466 g/mol. The number of carbonyl (C=O) groups is 3. The van der Waals surface area contributed by atoms with E-state index in [2.05, 4.69) is 10.7 Å². The fraction of sp³-hybridized carbons (Fsp3) is 0.346. The number of benzene rings is 2. The van der Waals surface area contributed by atoms with Gasteiger partial charge in [0.2, 0.25) is 5.91 Å². The van der Waals surface area contributed by atoms with E-state index in [0.717, 1.165) is 12.0 Å². The second-order valence-corrected chi connectivity index (χ2v) is 7.84. The Kier molecular flexibility index (Phi) is 8.67. The highest BCUT2D eigenvalue weighted by Gasteiger charge is 2.34. The Morgan fingerprint density at radius 1 is 1.06 bits per heavy atom. The van der Waals surface area contributed by atoms with Crippen LogP contribution in [0, 0.1) is 6.92 Å². The highest BCUT2D eigenvalue weighted by Crippen LogP contribution is 2.34. The van der Waals surface area contributed by atoms with E-state index in [1.165, 1.54) is 11.1 Å². The van der Waals surface area contributed by atoms with E-state index in [1.807, 2.05) is 32.9 Å². The van der Waals surface area contributed by atoms with Crippen LogP contribution in [0.25, 0.3) is 6.08 Å². The second-order valence-electron chi connectivity index (χ2n) is 7.84. The zero-order valence-electron chi connectivity index (χ0n) is 19.8. The molecule has 8 heteroatoms. The summed E-state index contributed by atoms with van der Waals surface area (Å²) in [5.41, 5.74) is 4.55. The molecule has 0 spiro atoms. The van der Waals surface area contributed by atoms with Gasteiger partial charge in [0.1, 0.15) is 17.1 Å². The molecule has 1 aliphatic rings. The lowest BCUT2D eigenvalue weighted by Gasteiger charge is -2.16. The van der Waals surface area contributed by atoms with Crippen LogP contribution in [-0.2, 0) is 14.4 Å². The van der Waals surface area contributed by atoms with Crippen molar-refractivity contribution < 1.29 is 23.9 Å². The first-order valence-electron chi connectivity index (χ1n) is 11.5. The number of hydrogen-bond acceptors (Lipinski definition) is 5. The van der Waals surface area contributed by atoms with Crippen LogP contribution < -0.4 is 25.2 Å². The molecule has 34 heavy (non-hydrogen) atoms. The highest BCUT2D eigenvalue weighted by molar-refractivity contribution is 6.31. The molecule has 0 aliphatic carbocycles. The maximum absolute atomic E-state index is 13.0. The zero-order valence-corrected chi connectivity index (χ0v) is 19.8. The molecule has 8 nitrogen and oxygen atoms in total. The van der Waals surface area contributed by atoms with Gasteiger partial charge in [-0.15, -0.1) is 0 Å². The lowest BCUT2D eigenvalue weighted by Crippen LogP contribution is -2.35. The Bertz CT molecular complexity index is 1070. The highest BCUT2D eigenvalue weighted by atomic mass is 16.5. The van der Waals surface area contributed by atoms with Crippen LogP contribution in [0.2, 0.25) is 0 Å². The van der Waals surface area contributed by atoms with E-state index in [0.29, 0.717) is 55.4 Å². The number of ether oxygens (including phenoxy) is 2. The monoisotopic (exact) mass is 465 g/mol. The summed E-state index contributed by atoms with van der Waals surface area (Å²) in [6.07, 6.45) is 3.28. The van der Waals surface area contributed by atoms with Gasteiger partial charge < -0.3 is 14.8 Å². The Balaban J connectivity index is 1.86. The van der Waals surface area contributed by atoms with E-state index in [9.17, 15) is 14.4 Å². The lowest BCUT2D eigenvalue weighted by atomic mass is 10.0. The minimum atomic E-state index is -0.486. The summed E-state index contributed by atoms with van der Waals surface area (Å²) in [5.74, 6) is 0.244. The molecule has 0 saturated carbocycles. The molecular weight excluding hydrogens is 434 g/mol. The van der Waals surface area contributed by atoms with E-state index in [4.69, 9.17) is 9.47 Å². The van der Waals surface area contributed by atoms with Gasteiger partial charge in [0.15, 0.2) is 0 Å².